The highest BCUT2D eigenvalue weighted by Gasteiger charge is 2.21. The lowest BCUT2D eigenvalue weighted by Gasteiger charge is -2.22. The van der Waals surface area contributed by atoms with Gasteiger partial charge in [-0.3, -0.25) is 19.7 Å². The topological polar surface area (TPSA) is 95.8 Å². The first-order valence-corrected chi connectivity index (χ1v) is 10.5. The minimum atomic E-state index is -0.452. The molecule has 0 aliphatic carbocycles. The lowest BCUT2D eigenvalue weighted by atomic mass is 10.1. The normalized spacial score (nSPS) is 14.7. The van der Waals surface area contributed by atoms with Crippen LogP contribution < -0.4 is 5.32 Å². The monoisotopic (exact) mass is 424 g/mol. The maximum Gasteiger partial charge on any atom is 0.274 e. The molecule has 1 aliphatic rings. The van der Waals surface area contributed by atoms with Gasteiger partial charge in [-0.05, 0) is 45.0 Å². The molecule has 3 rings (SSSR count). The minimum absolute atomic E-state index is 0.0105. The number of benzene rings is 2. The van der Waals surface area contributed by atoms with Crippen molar-refractivity contribution < 1.29 is 14.5 Å². The number of nitrogens with one attached hydrogen (secondary N) is 1. The van der Waals surface area contributed by atoms with Gasteiger partial charge in [0, 0.05) is 44.2 Å². The number of hydrogen-bond donors (Lipinski definition) is 1. The molecule has 2 aromatic rings. The van der Waals surface area contributed by atoms with Crippen LogP contribution in [0.25, 0.3) is 0 Å². The largest absolute Gasteiger partial charge is 0.337 e. The van der Waals surface area contributed by atoms with Gasteiger partial charge in [-0.1, -0.05) is 23.8 Å². The third kappa shape index (κ3) is 5.88. The van der Waals surface area contributed by atoms with E-state index in [0.29, 0.717) is 43.0 Å². The van der Waals surface area contributed by atoms with Gasteiger partial charge in [-0.15, -0.1) is 0 Å². The third-order valence-corrected chi connectivity index (χ3v) is 5.57. The quantitative estimate of drug-likeness (QED) is 0.566. The Balaban J connectivity index is 1.51. The summed E-state index contributed by atoms with van der Waals surface area (Å²) < 4.78 is 0. The van der Waals surface area contributed by atoms with E-state index in [1.165, 1.54) is 6.07 Å². The number of rotatable bonds is 6. The Hall–Kier alpha value is -3.26. The van der Waals surface area contributed by atoms with Crippen molar-refractivity contribution in [1.82, 2.24) is 9.80 Å². The summed E-state index contributed by atoms with van der Waals surface area (Å²) in [7, 11) is 0. The van der Waals surface area contributed by atoms with E-state index in [9.17, 15) is 19.7 Å². The number of nitro benzene ring substituents is 1. The summed E-state index contributed by atoms with van der Waals surface area (Å²) >= 11 is 0. The van der Waals surface area contributed by atoms with Gasteiger partial charge >= 0.3 is 0 Å². The summed E-state index contributed by atoms with van der Waals surface area (Å²) in [6.45, 7) is 7.03. The SMILES string of the molecule is Cc1cccc(C(=O)N2CCCN(CCC(=O)Nc3cccc([N+](=O)[O-])c3C)CC2)c1. The fourth-order valence-electron chi connectivity index (χ4n) is 3.79. The first kappa shape index (κ1) is 22.4. The predicted molar refractivity (Wildman–Crippen MR) is 119 cm³/mol. The molecule has 1 heterocycles. The van der Waals surface area contributed by atoms with E-state index in [-0.39, 0.29) is 23.9 Å². The van der Waals surface area contributed by atoms with Crippen molar-refractivity contribution in [2.24, 2.45) is 0 Å². The molecule has 164 valence electrons. The minimum Gasteiger partial charge on any atom is -0.337 e. The molecule has 0 radical (unpaired) electrons. The van der Waals surface area contributed by atoms with Gasteiger partial charge in [0.15, 0.2) is 0 Å². The van der Waals surface area contributed by atoms with Crippen LogP contribution in [-0.4, -0.2) is 59.3 Å². The van der Waals surface area contributed by atoms with Crippen molar-refractivity contribution in [3.63, 3.8) is 0 Å². The van der Waals surface area contributed by atoms with Crippen LogP contribution in [0.2, 0.25) is 0 Å². The number of amides is 2. The van der Waals surface area contributed by atoms with E-state index < -0.39 is 4.92 Å². The van der Waals surface area contributed by atoms with Gasteiger partial charge in [0.25, 0.3) is 11.6 Å². The Morgan fingerprint density at radius 3 is 2.58 bits per heavy atom. The van der Waals surface area contributed by atoms with Gasteiger partial charge in [0.1, 0.15) is 0 Å². The standard InChI is InChI=1S/C23H28N4O4/c1-17-6-3-7-19(16-17)23(29)26-12-5-11-25(14-15-26)13-10-22(28)24-20-8-4-9-21(18(20)2)27(30)31/h3-4,6-9,16H,5,10-15H2,1-2H3,(H,24,28). The number of carbonyl (C=O) groups is 2. The van der Waals surface area contributed by atoms with Crippen molar-refractivity contribution in [3.8, 4) is 0 Å². The summed E-state index contributed by atoms with van der Waals surface area (Å²) in [5, 5.41) is 13.8. The van der Waals surface area contributed by atoms with Crippen LogP contribution in [0.3, 0.4) is 0 Å². The molecule has 1 aliphatic heterocycles. The highest BCUT2D eigenvalue weighted by Crippen LogP contribution is 2.25. The van der Waals surface area contributed by atoms with E-state index in [2.05, 4.69) is 10.2 Å². The van der Waals surface area contributed by atoms with Crippen LogP contribution in [0, 0.1) is 24.0 Å². The molecule has 8 heteroatoms. The molecule has 31 heavy (non-hydrogen) atoms. The van der Waals surface area contributed by atoms with Crippen molar-refractivity contribution in [2.75, 3.05) is 38.0 Å². The smallest absolute Gasteiger partial charge is 0.274 e. The number of anilines is 1. The molecule has 1 fully saturated rings. The second-order valence-corrected chi connectivity index (χ2v) is 7.86. The number of nitro groups is 1. The van der Waals surface area contributed by atoms with Crippen LogP contribution in [0.15, 0.2) is 42.5 Å². The van der Waals surface area contributed by atoms with Gasteiger partial charge in [0.05, 0.1) is 16.2 Å². The number of nitrogens with zero attached hydrogens (tertiary/aromatic N) is 3. The molecule has 0 atom stereocenters. The van der Waals surface area contributed by atoms with Gasteiger partial charge < -0.3 is 15.1 Å². The predicted octanol–water partition coefficient (Wildman–Crippen LogP) is 3.39. The fraction of sp³-hybridized carbons (Fsp3) is 0.391. The molecule has 1 saturated heterocycles. The summed E-state index contributed by atoms with van der Waals surface area (Å²) in [5.74, 6) is -0.134. The Bertz CT molecular complexity index is 976. The molecule has 0 aromatic heterocycles. The Morgan fingerprint density at radius 2 is 1.84 bits per heavy atom. The van der Waals surface area contributed by atoms with Crippen molar-refractivity contribution in [2.45, 2.75) is 26.7 Å². The molecule has 0 unspecified atom stereocenters. The first-order chi connectivity index (χ1) is 14.8. The number of carbonyl (C=O) groups excluding carboxylic acids is 2. The van der Waals surface area contributed by atoms with E-state index in [1.54, 1.807) is 19.1 Å². The van der Waals surface area contributed by atoms with Gasteiger partial charge in [-0.2, -0.15) is 0 Å². The Morgan fingerprint density at radius 1 is 1.06 bits per heavy atom. The Labute approximate surface area is 182 Å². The highest BCUT2D eigenvalue weighted by atomic mass is 16.6. The molecule has 1 N–H and O–H groups in total. The van der Waals surface area contributed by atoms with Crippen LogP contribution in [0.5, 0.6) is 0 Å². The van der Waals surface area contributed by atoms with Crippen molar-refractivity contribution in [1.29, 1.82) is 0 Å². The van der Waals surface area contributed by atoms with E-state index >= 15 is 0 Å². The third-order valence-electron chi connectivity index (χ3n) is 5.57. The second kappa shape index (κ2) is 10.2. The van der Waals surface area contributed by atoms with Crippen LogP contribution in [0.4, 0.5) is 11.4 Å². The summed E-state index contributed by atoms with van der Waals surface area (Å²) in [6, 6.07) is 12.3. The van der Waals surface area contributed by atoms with Crippen molar-refractivity contribution in [3.05, 3.63) is 69.3 Å². The lowest BCUT2D eigenvalue weighted by molar-refractivity contribution is -0.385. The molecule has 0 bridgehead atoms. The summed E-state index contributed by atoms with van der Waals surface area (Å²) in [6.07, 6.45) is 1.14. The molecule has 0 saturated carbocycles. The van der Waals surface area contributed by atoms with Gasteiger partial charge in [0.2, 0.25) is 5.91 Å². The zero-order chi connectivity index (χ0) is 22.4. The molecular weight excluding hydrogens is 396 g/mol. The molecule has 2 aromatic carbocycles. The van der Waals surface area contributed by atoms with Crippen LogP contribution >= 0.6 is 0 Å². The molecular formula is C23H28N4O4. The zero-order valence-corrected chi connectivity index (χ0v) is 18.0. The number of hydrogen-bond acceptors (Lipinski definition) is 5. The van der Waals surface area contributed by atoms with E-state index in [1.807, 2.05) is 36.1 Å². The zero-order valence-electron chi connectivity index (χ0n) is 18.0. The first-order valence-electron chi connectivity index (χ1n) is 10.5. The lowest BCUT2D eigenvalue weighted by Crippen LogP contribution is -2.36. The van der Waals surface area contributed by atoms with Gasteiger partial charge in [-0.25, -0.2) is 0 Å². The van der Waals surface area contributed by atoms with Crippen molar-refractivity contribution >= 4 is 23.2 Å². The fourth-order valence-corrected chi connectivity index (χ4v) is 3.79. The van der Waals surface area contributed by atoms with E-state index in [0.717, 1.165) is 18.5 Å². The van der Waals surface area contributed by atoms with Crippen LogP contribution in [-0.2, 0) is 4.79 Å². The highest BCUT2D eigenvalue weighted by molar-refractivity contribution is 5.94. The second-order valence-electron chi connectivity index (χ2n) is 7.86. The summed E-state index contributed by atoms with van der Waals surface area (Å²) in [4.78, 5) is 39.8. The van der Waals surface area contributed by atoms with E-state index in [4.69, 9.17) is 0 Å². The maximum atomic E-state index is 12.8. The average molecular weight is 425 g/mol. The maximum absolute atomic E-state index is 12.8. The van der Waals surface area contributed by atoms with Crippen LogP contribution in [0.1, 0.15) is 34.3 Å². The average Bonchev–Trinajstić information content (AvgIpc) is 2.99. The Kier molecular flexibility index (Phi) is 7.36. The summed E-state index contributed by atoms with van der Waals surface area (Å²) in [5.41, 5.74) is 2.67. The molecule has 0 spiro atoms. The molecule has 2 amide bonds. The molecule has 8 nitrogen and oxygen atoms in total. The number of aryl methyl sites for hydroxylation is 1.